The number of carboxylic acid groups (broad SMARTS) is 1. The normalized spacial score (nSPS) is 10.7. The smallest absolute Gasteiger partial charge is 0.335 e. The van der Waals surface area contributed by atoms with Gasteiger partial charge in [-0.05, 0) is 24.3 Å². The Hall–Kier alpha value is -2.67. The van der Waals surface area contributed by atoms with Crippen LogP contribution in [-0.2, 0) is 11.2 Å². The Morgan fingerprint density at radius 3 is 2.71 bits per heavy atom. The molecule has 0 saturated carbocycles. The van der Waals surface area contributed by atoms with Gasteiger partial charge in [-0.3, -0.25) is 9.20 Å². The number of aromatic carboxylic acids is 1. The van der Waals surface area contributed by atoms with E-state index in [1.165, 1.54) is 23.5 Å². The SMILES string of the molecule is O=C(Cc1cn2ccsc2n1)Nc1ccc(C(=O)O)cc1. The molecule has 0 aliphatic carbocycles. The maximum Gasteiger partial charge on any atom is 0.335 e. The van der Waals surface area contributed by atoms with Crippen molar-refractivity contribution < 1.29 is 14.7 Å². The summed E-state index contributed by atoms with van der Waals surface area (Å²) in [6, 6.07) is 6.02. The molecule has 106 valence electrons. The van der Waals surface area contributed by atoms with Gasteiger partial charge in [-0.25, -0.2) is 9.78 Å². The number of nitrogens with one attached hydrogen (secondary N) is 1. The molecule has 0 unspecified atom stereocenters. The van der Waals surface area contributed by atoms with Crippen LogP contribution in [0, 0.1) is 0 Å². The highest BCUT2D eigenvalue weighted by molar-refractivity contribution is 7.15. The predicted octanol–water partition coefficient (Wildman–Crippen LogP) is 2.28. The Balaban J connectivity index is 1.65. The zero-order chi connectivity index (χ0) is 14.8. The maximum atomic E-state index is 11.9. The molecule has 0 spiro atoms. The molecule has 0 aliphatic rings. The van der Waals surface area contributed by atoms with Gasteiger partial charge in [0.2, 0.25) is 5.91 Å². The molecule has 1 amide bonds. The highest BCUT2D eigenvalue weighted by atomic mass is 32.1. The molecule has 21 heavy (non-hydrogen) atoms. The fourth-order valence-corrected chi connectivity index (χ4v) is 2.65. The van der Waals surface area contributed by atoms with E-state index >= 15 is 0 Å². The number of rotatable bonds is 4. The molecule has 7 heteroatoms. The number of amides is 1. The van der Waals surface area contributed by atoms with E-state index in [1.807, 2.05) is 22.2 Å². The molecule has 0 saturated heterocycles. The molecular formula is C14H11N3O3S. The fourth-order valence-electron chi connectivity index (χ4n) is 1.93. The van der Waals surface area contributed by atoms with Crippen molar-refractivity contribution in [2.75, 3.05) is 5.32 Å². The van der Waals surface area contributed by atoms with Crippen LogP contribution in [0.15, 0.2) is 42.0 Å². The zero-order valence-corrected chi connectivity index (χ0v) is 11.6. The lowest BCUT2D eigenvalue weighted by molar-refractivity contribution is -0.115. The average Bonchev–Trinajstić information content (AvgIpc) is 3.00. The quantitative estimate of drug-likeness (QED) is 0.774. The van der Waals surface area contributed by atoms with Gasteiger partial charge in [0.15, 0.2) is 4.96 Å². The number of aromatic nitrogens is 2. The number of fused-ring (bicyclic) bond motifs is 1. The third kappa shape index (κ3) is 2.92. The van der Waals surface area contributed by atoms with Gasteiger partial charge in [0.05, 0.1) is 17.7 Å². The monoisotopic (exact) mass is 301 g/mol. The number of carbonyl (C=O) groups excluding carboxylic acids is 1. The lowest BCUT2D eigenvalue weighted by Gasteiger charge is -2.04. The summed E-state index contributed by atoms with van der Waals surface area (Å²) in [6.45, 7) is 0. The molecule has 0 atom stereocenters. The number of nitrogens with zero attached hydrogens (tertiary/aromatic N) is 2. The molecule has 0 bridgehead atoms. The number of benzene rings is 1. The van der Waals surface area contributed by atoms with Crippen LogP contribution in [0.1, 0.15) is 16.1 Å². The highest BCUT2D eigenvalue weighted by Crippen LogP contribution is 2.13. The summed E-state index contributed by atoms with van der Waals surface area (Å²) in [5.74, 6) is -1.19. The summed E-state index contributed by atoms with van der Waals surface area (Å²) in [7, 11) is 0. The van der Waals surface area contributed by atoms with Crippen LogP contribution in [0.4, 0.5) is 5.69 Å². The molecule has 0 aliphatic heterocycles. The Morgan fingerprint density at radius 1 is 1.29 bits per heavy atom. The molecule has 1 aromatic carbocycles. The molecule has 3 aromatic rings. The lowest BCUT2D eigenvalue weighted by atomic mass is 10.2. The number of hydrogen-bond acceptors (Lipinski definition) is 4. The second kappa shape index (κ2) is 5.37. The van der Waals surface area contributed by atoms with E-state index < -0.39 is 5.97 Å². The first kappa shape index (κ1) is 13.3. The van der Waals surface area contributed by atoms with Crippen molar-refractivity contribution in [1.82, 2.24) is 9.38 Å². The standard InChI is InChI=1S/C14H11N3O3S/c18-12(7-11-8-17-5-6-21-14(17)16-11)15-10-3-1-9(2-4-10)13(19)20/h1-6,8H,7H2,(H,15,18)(H,19,20). The second-order valence-electron chi connectivity index (χ2n) is 4.43. The Morgan fingerprint density at radius 2 is 2.05 bits per heavy atom. The van der Waals surface area contributed by atoms with Gasteiger partial charge in [0.25, 0.3) is 0 Å². The first-order valence-corrected chi connectivity index (χ1v) is 7.04. The molecule has 3 rings (SSSR count). The molecule has 2 N–H and O–H groups in total. The zero-order valence-electron chi connectivity index (χ0n) is 10.8. The number of hydrogen-bond donors (Lipinski definition) is 2. The van der Waals surface area contributed by atoms with Crippen molar-refractivity contribution in [3.05, 3.63) is 53.3 Å². The topological polar surface area (TPSA) is 83.7 Å². The van der Waals surface area contributed by atoms with Gasteiger partial charge >= 0.3 is 5.97 Å². The van der Waals surface area contributed by atoms with Crippen molar-refractivity contribution >= 4 is 33.9 Å². The van der Waals surface area contributed by atoms with Crippen LogP contribution in [0.5, 0.6) is 0 Å². The number of thiazole rings is 1. The summed E-state index contributed by atoms with van der Waals surface area (Å²) in [4.78, 5) is 27.8. The molecule has 2 heterocycles. The summed E-state index contributed by atoms with van der Waals surface area (Å²) >= 11 is 1.51. The van der Waals surface area contributed by atoms with E-state index in [2.05, 4.69) is 10.3 Å². The van der Waals surface area contributed by atoms with E-state index in [-0.39, 0.29) is 17.9 Å². The minimum absolute atomic E-state index is 0.176. The minimum Gasteiger partial charge on any atom is -0.478 e. The highest BCUT2D eigenvalue weighted by Gasteiger charge is 2.09. The fraction of sp³-hybridized carbons (Fsp3) is 0.0714. The average molecular weight is 301 g/mol. The van der Waals surface area contributed by atoms with Gasteiger partial charge in [0.1, 0.15) is 0 Å². The molecule has 0 fully saturated rings. The number of anilines is 1. The summed E-state index contributed by atoms with van der Waals surface area (Å²) in [5.41, 5.74) is 1.44. The van der Waals surface area contributed by atoms with E-state index in [4.69, 9.17) is 5.11 Å². The van der Waals surface area contributed by atoms with Crippen molar-refractivity contribution in [3.8, 4) is 0 Å². The van der Waals surface area contributed by atoms with Gasteiger partial charge in [0, 0.05) is 23.5 Å². The van der Waals surface area contributed by atoms with Crippen LogP contribution in [-0.4, -0.2) is 26.4 Å². The Bertz CT molecular complexity index is 776. The van der Waals surface area contributed by atoms with Crippen LogP contribution >= 0.6 is 11.3 Å². The Kier molecular flexibility index (Phi) is 3.41. The summed E-state index contributed by atoms with van der Waals surface area (Å²) < 4.78 is 1.87. The van der Waals surface area contributed by atoms with E-state index in [0.29, 0.717) is 11.4 Å². The van der Waals surface area contributed by atoms with Crippen molar-refractivity contribution in [2.45, 2.75) is 6.42 Å². The lowest BCUT2D eigenvalue weighted by Crippen LogP contribution is -2.14. The van der Waals surface area contributed by atoms with E-state index in [9.17, 15) is 9.59 Å². The largest absolute Gasteiger partial charge is 0.478 e. The summed E-state index contributed by atoms with van der Waals surface area (Å²) in [5, 5.41) is 13.4. The predicted molar refractivity (Wildman–Crippen MR) is 78.8 cm³/mol. The summed E-state index contributed by atoms with van der Waals surface area (Å²) in [6.07, 6.45) is 3.88. The number of carbonyl (C=O) groups is 2. The van der Waals surface area contributed by atoms with E-state index in [1.54, 1.807) is 12.1 Å². The van der Waals surface area contributed by atoms with Crippen molar-refractivity contribution in [2.24, 2.45) is 0 Å². The minimum atomic E-state index is -0.994. The third-order valence-corrected chi connectivity index (χ3v) is 3.67. The Labute approximate surface area is 123 Å². The molecular weight excluding hydrogens is 290 g/mol. The van der Waals surface area contributed by atoms with Crippen LogP contribution in [0.2, 0.25) is 0 Å². The van der Waals surface area contributed by atoms with Crippen LogP contribution in [0.3, 0.4) is 0 Å². The van der Waals surface area contributed by atoms with Gasteiger partial charge in [-0.2, -0.15) is 0 Å². The number of imidazole rings is 1. The van der Waals surface area contributed by atoms with Gasteiger partial charge in [-0.15, -0.1) is 11.3 Å². The van der Waals surface area contributed by atoms with Crippen molar-refractivity contribution in [1.29, 1.82) is 0 Å². The molecule has 0 radical (unpaired) electrons. The van der Waals surface area contributed by atoms with Crippen LogP contribution < -0.4 is 5.32 Å². The second-order valence-corrected chi connectivity index (χ2v) is 5.31. The van der Waals surface area contributed by atoms with Gasteiger partial charge in [-0.1, -0.05) is 0 Å². The first-order chi connectivity index (χ1) is 10.1. The van der Waals surface area contributed by atoms with Crippen LogP contribution in [0.25, 0.3) is 4.96 Å². The third-order valence-electron chi connectivity index (χ3n) is 2.90. The maximum absolute atomic E-state index is 11.9. The first-order valence-electron chi connectivity index (χ1n) is 6.16. The molecule has 6 nitrogen and oxygen atoms in total. The van der Waals surface area contributed by atoms with E-state index in [0.717, 1.165) is 4.96 Å². The molecule has 2 aromatic heterocycles. The van der Waals surface area contributed by atoms with Crippen molar-refractivity contribution in [3.63, 3.8) is 0 Å². The number of carboxylic acids is 1. The van der Waals surface area contributed by atoms with Gasteiger partial charge < -0.3 is 10.4 Å².